The molecule has 0 aromatic rings. The Morgan fingerprint density at radius 2 is 1.50 bits per heavy atom. The molecular formula is C6H16NP. The predicted molar refractivity (Wildman–Crippen MR) is 41.6 cm³/mol. The van der Waals surface area contributed by atoms with Crippen LogP contribution in [0, 0.1) is 0 Å². The lowest BCUT2D eigenvalue weighted by Gasteiger charge is -2.15. The molecule has 1 aliphatic rings. The second kappa shape index (κ2) is 4.29. The molecule has 0 aliphatic heterocycles. The van der Waals surface area contributed by atoms with Gasteiger partial charge >= 0.3 is 0 Å². The minimum absolute atomic E-state index is 0. The summed E-state index contributed by atoms with van der Waals surface area (Å²) in [5, 5.41) is 0. The van der Waals surface area contributed by atoms with E-state index in [1.165, 1.54) is 32.1 Å². The van der Waals surface area contributed by atoms with E-state index in [2.05, 4.69) is 9.24 Å². The van der Waals surface area contributed by atoms with Crippen molar-refractivity contribution in [1.29, 1.82) is 0 Å². The molecule has 0 bridgehead atoms. The first-order valence-electron chi connectivity index (χ1n) is 3.15. The highest BCUT2D eigenvalue weighted by molar-refractivity contribution is 7.17. The third-order valence-electron chi connectivity index (χ3n) is 1.65. The Labute approximate surface area is 54.0 Å². The third-order valence-corrected chi connectivity index (χ3v) is 2.32. The maximum Gasteiger partial charge on any atom is -0.0264 e. The molecule has 1 unspecified atom stereocenters. The van der Waals surface area contributed by atoms with E-state index in [-0.39, 0.29) is 6.15 Å². The van der Waals surface area contributed by atoms with Crippen molar-refractivity contribution in [3.05, 3.63) is 0 Å². The number of hydrogen-bond donors (Lipinski definition) is 1. The largest absolute Gasteiger partial charge is 0.344 e. The van der Waals surface area contributed by atoms with Gasteiger partial charge in [0.2, 0.25) is 0 Å². The van der Waals surface area contributed by atoms with Gasteiger partial charge in [-0.15, -0.1) is 9.24 Å². The molecule has 0 heterocycles. The van der Waals surface area contributed by atoms with Crippen molar-refractivity contribution in [2.24, 2.45) is 0 Å². The highest BCUT2D eigenvalue weighted by atomic mass is 31.0. The molecule has 1 aliphatic carbocycles. The quantitative estimate of drug-likeness (QED) is 0.506. The predicted octanol–water partition coefficient (Wildman–Crippen LogP) is 2.36. The molecule has 0 spiro atoms. The lowest BCUT2D eigenvalue weighted by Crippen LogP contribution is -2.02. The summed E-state index contributed by atoms with van der Waals surface area (Å²) in [6.07, 6.45) is 7.31. The Hall–Kier alpha value is 0.390. The fourth-order valence-electron chi connectivity index (χ4n) is 1.13. The van der Waals surface area contributed by atoms with Gasteiger partial charge in [0.05, 0.1) is 0 Å². The Bertz CT molecular complexity index is 50.5. The van der Waals surface area contributed by atoms with E-state index in [9.17, 15) is 0 Å². The van der Waals surface area contributed by atoms with Gasteiger partial charge in [-0.05, 0) is 18.5 Å². The first-order valence-corrected chi connectivity index (χ1v) is 3.82. The van der Waals surface area contributed by atoms with Crippen LogP contribution in [-0.2, 0) is 0 Å². The van der Waals surface area contributed by atoms with Gasteiger partial charge in [-0.2, -0.15) is 0 Å². The molecule has 3 N–H and O–H groups in total. The van der Waals surface area contributed by atoms with Crippen molar-refractivity contribution in [1.82, 2.24) is 6.15 Å². The lowest BCUT2D eigenvalue weighted by atomic mass is 10.0. The first kappa shape index (κ1) is 8.39. The first-order chi connectivity index (χ1) is 3.39. The van der Waals surface area contributed by atoms with Crippen molar-refractivity contribution in [3.63, 3.8) is 0 Å². The van der Waals surface area contributed by atoms with Crippen LogP contribution < -0.4 is 6.15 Å². The van der Waals surface area contributed by atoms with Crippen LogP contribution in [0.25, 0.3) is 0 Å². The monoisotopic (exact) mass is 133 g/mol. The second-order valence-corrected chi connectivity index (χ2v) is 3.34. The van der Waals surface area contributed by atoms with Crippen LogP contribution in [0.15, 0.2) is 0 Å². The molecule has 0 radical (unpaired) electrons. The minimum Gasteiger partial charge on any atom is -0.344 e. The zero-order chi connectivity index (χ0) is 5.11. The van der Waals surface area contributed by atoms with Gasteiger partial charge in [-0.25, -0.2) is 0 Å². The maximum atomic E-state index is 2.91. The average Bonchev–Trinajstić information content (AvgIpc) is 1.69. The van der Waals surface area contributed by atoms with Crippen LogP contribution in [0.4, 0.5) is 0 Å². The van der Waals surface area contributed by atoms with Crippen molar-refractivity contribution in [2.75, 3.05) is 0 Å². The van der Waals surface area contributed by atoms with Gasteiger partial charge in [0.25, 0.3) is 0 Å². The summed E-state index contributed by atoms with van der Waals surface area (Å²) in [5.74, 6) is 0. The highest BCUT2D eigenvalue weighted by Gasteiger charge is 2.06. The van der Waals surface area contributed by atoms with Crippen LogP contribution in [0.1, 0.15) is 32.1 Å². The van der Waals surface area contributed by atoms with E-state index in [0.29, 0.717) is 0 Å². The molecule has 2 heteroatoms. The summed E-state index contributed by atoms with van der Waals surface area (Å²) >= 11 is 0. The smallest absolute Gasteiger partial charge is 0.0264 e. The van der Waals surface area contributed by atoms with Crippen molar-refractivity contribution < 1.29 is 0 Å². The molecule has 1 saturated carbocycles. The van der Waals surface area contributed by atoms with E-state index >= 15 is 0 Å². The normalized spacial score (nSPS) is 22.1. The highest BCUT2D eigenvalue weighted by Crippen LogP contribution is 2.23. The fraction of sp³-hybridized carbons (Fsp3) is 1.00. The molecule has 0 aromatic carbocycles. The van der Waals surface area contributed by atoms with E-state index in [1.807, 2.05) is 0 Å². The van der Waals surface area contributed by atoms with E-state index in [4.69, 9.17) is 0 Å². The SMILES string of the molecule is N.PC1CCCCC1. The molecule has 1 nitrogen and oxygen atoms in total. The zero-order valence-corrected chi connectivity index (χ0v) is 6.55. The number of hydrogen-bond acceptors (Lipinski definition) is 1. The molecular weight excluding hydrogens is 117 g/mol. The maximum absolute atomic E-state index is 2.91. The third kappa shape index (κ3) is 2.64. The average molecular weight is 133 g/mol. The van der Waals surface area contributed by atoms with Gasteiger partial charge in [-0.1, -0.05) is 19.3 Å². The molecule has 0 saturated heterocycles. The Balaban J connectivity index is 0.000000490. The van der Waals surface area contributed by atoms with Gasteiger partial charge < -0.3 is 6.15 Å². The summed E-state index contributed by atoms with van der Waals surface area (Å²) in [6.45, 7) is 0. The van der Waals surface area contributed by atoms with Crippen LogP contribution in [0.2, 0.25) is 0 Å². The summed E-state index contributed by atoms with van der Waals surface area (Å²) in [4.78, 5) is 0. The van der Waals surface area contributed by atoms with Gasteiger partial charge in [0, 0.05) is 0 Å². The summed E-state index contributed by atoms with van der Waals surface area (Å²) < 4.78 is 0. The van der Waals surface area contributed by atoms with Gasteiger partial charge in [-0.3, -0.25) is 0 Å². The molecule has 1 atom stereocenters. The molecule has 0 aromatic heterocycles. The fourth-order valence-corrected chi connectivity index (χ4v) is 1.61. The topological polar surface area (TPSA) is 35.0 Å². The molecule has 50 valence electrons. The van der Waals surface area contributed by atoms with E-state index in [1.54, 1.807) is 0 Å². The van der Waals surface area contributed by atoms with Crippen molar-refractivity contribution in [2.45, 2.75) is 37.8 Å². The van der Waals surface area contributed by atoms with Crippen LogP contribution in [0.3, 0.4) is 0 Å². The molecule has 1 fully saturated rings. The summed E-state index contributed by atoms with van der Waals surface area (Å²) in [5.41, 5.74) is 0.953. The number of rotatable bonds is 0. The Morgan fingerprint density at radius 3 is 1.75 bits per heavy atom. The Kier molecular flexibility index (Phi) is 4.50. The van der Waals surface area contributed by atoms with E-state index in [0.717, 1.165) is 5.66 Å². The standard InChI is InChI=1S/C6H13P.H3N/c7-6-4-2-1-3-5-6;/h6H,1-5,7H2;1H3. The minimum atomic E-state index is 0. The second-order valence-electron chi connectivity index (χ2n) is 2.40. The zero-order valence-electron chi connectivity index (χ0n) is 5.40. The van der Waals surface area contributed by atoms with Crippen molar-refractivity contribution >= 4 is 9.24 Å². The van der Waals surface area contributed by atoms with Gasteiger partial charge in [0.15, 0.2) is 0 Å². The molecule has 1 rings (SSSR count). The van der Waals surface area contributed by atoms with Crippen LogP contribution in [-0.4, -0.2) is 5.66 Å². The Morgan fingerprint density at radius 1 is 1.00 bits per heavy atom. The lowest BCUT2D eigenvalue weighted by molar-refractivity contribution is 0.516. The summed E-state index contributed by atoms with van der Waals surface area (Å²) in [6, 6.07) is 0. The molecule has 8 heavy (non-hydrogen) atoms. The molecule has 0 amide bonds. The van der Waals surface area contributed by atoms with Crippen molar-refractivity contribution in [3.8, 4) is 0 Å². The van der Waals surface area contributed by atoms with Crippen LogP contribution >= 0.6 is 9.24 Å². The van der Waals surface area contributed by atoms with Gasteiger partial charge in [0.1, 0.15) is 0 Å². The van der Waals surface area contributed by atoms with Crippen LogP contribution in [0.5, 0.6) is 0 Å². The van der Waals surface area contributed by atoms with E-state index < -0.39 is 0 Å². The summed E-state index contributed by atoms with van der Waals surface area (Å²) in [7, 11) is 2.91.